The molecule has 0 amide bonds. The van der Waals surface area contributed by atoms with E-state index in [2.05, 4.69) is 6.92 Å². The third-order valence-corrected chi connectivity index (χ3v) is 4.18. The molecular weight excluding hydrogens is 303 g/mol. The summed E-state index contributed by atoms with van der Waals surface area (Å²) >= 11 is 0. The number of carboxylic acids is 1. The maximum Gasteiger partial charge on any atom is 1.00 e. The van der Waals surface area contributed by atoms with E-state index in [-0.39, 0.29) is 36.0 Å². The molecule has 2 unspecified atom stereocenters. The van der Waals surface area contributed by atoms with Crippen LogP contribution in [0.25, 0.3) is 0 Å². The van der Waals surface area contributed by atoms with E-state index in [4.69, 9.17) is 0 Å². The van der Waals surface area contributed by atoms with Gasteiger partial charge in [-0.2, -0.15) is 0 Å². The van der Waals surface area contributed by atoms with Crippen molar-refractivity contribution in [2.75, 3.05) is 0 Å². The van der Waals surface area contributed by atoms with Crippen LogP contribution in [0.5, 0.6) is 0 Å². The topological polar surface area (TPSA) is 80.6 Å². The number of unbranched alkanes of at least 4 members (excludes halogenated alkanes) is 9. The van der Waals surface area contributed by atoms with Crippen LogP contribution in [0.2, 0.25) is 0 Å². The molecule has 4 nitrogen and oxygen atoms in total. The summed E-state index contributed by atoms with van der Waals surface area (Å²) in [4.78, 5) is 10.2. The van der Waals surface area contributed by atoms with Crippen LogP contribution >= 0.6 is 0 Å². The molecular formula is C18H35NaO4. The summed E-state index contributed by atoms with van der Waals surface area (Å²) in [5.74, 6) is -0.978. The quantitative estimate of drug-likeness (QED) is 0.305. The summed E-state index contributed by atoms with van der Waals surface area (Å²) in [7, 11) is 0. The van der Waals surface area contributed by atoms with Crippen LogP contribution in [0.1, 0.15) is 96.8 Å². The number of carbonyl (C=O) groups is 1. The molecule has 0 saturated carbocycles. The Kier molecular flexibility index (Phi) is 20.9. The maximum atomic E-state index is 10.2. The number of aliphatic hydroxyl groups is 2. The van der Waals surface area contributed by atoms with Crippen molar-refractivity contribution in [2.45, 2.75) is 109 Å². The number of aliphatic hydroxyl groups excluding tert-OH is 2. The van der Waals surface area contributed by atoms with E-state index in [1.807, 2.05) is 0 Å². The van der Waals surface area contributed by atoms with Crippen LogP contribution in [-0.4, -0.2) is 28.4 Å². The van der Waals surface area contributed by atoms with Gasteiger partial charge >= 0.3 is 29.6 Å². The number of carboxylic acid groups (broad SMARTS) is 1. The van der Waals surface area contributed by atoms with Gasteiger partial charge in [-0.15, -0.1) is 0 Å². The molecule has 0 saturated heterocycles. The second kappa shape index (κ2) is 18.7. The van der Waals surface area contributed by atoms with Crippen molar-refractivity contribution in [2.24, 2.45) is 0 Å². The summed E-state index contributed by atoms with van der Waals surface area (Å²) in [5.41, 5.74) is 0. The SMILES string of the molecule is CCCCCCCCC(O)C(O)CCCCCCCC(=O)[O-].[Na+]. The zero-order valence-corrected chi connectivity index (χ0v) is 17.3. The van der Waals surface area contributed by atoms with E-state index in [9.17, 15) is 20.1 Å². The van der Waals surface area contributed by atoms with Crippen molar-refractivity contribution >= 4 is 5.97 Å². The summed E-state index contributed by atoms with van der Waals surface area (Å²) in [6.07, 6.45) is 11.8. The zero-order chi connectivity index (χ0) is 16.6. The Bertz CT molecular complexity index is 261. The van der Waals surface area contributed by atoms with E-state index >= 15 is 0 Å². The first kappa shape index (κ1) is 25.6. The van der Waals surface area contributed by atoms with Crippen LogP contribution in [0.15, 0.2) is 0 Å². The Labute approximate surface area is 164 Å². The van der Waals surface area contributed by atoms with E-state index in [0.717, 1.165) is 38.5 Å². The fraction of sp³-hybridized carbons (Fsp3) is 0.944. The van der Waals surface area contributed by atoms with E-state index < -0.39 is 18.2 Å². The van der Waals surface area contributed by atoms with Gasteiger partial charge in [0.15, 0.2) is 0 Å². The summed E-state index contributed by atoms with van der Waals surface area (Å²) in [6, 6.07) is 0. The molecule has 0 radical (unpaired) electrons. The van der Waals surface area contributed by atoms with Gasteiger partial charge in [0.2, 0.25) is 0 Å². The van der Waals surface area contributed by atoms with Crippen molar-refractivity contribution in [3.8, 4) is 0 Å². The van der Waals surface area contributed by atoms with Gasteiger partial charge in [0, 0.05) is 5.97 Å². The van der Waals surface area contributed by atoms with Crippen molar-refractivity contribution in [3.63, 3.8) is 0 Å². The van der Waals surface area contributed by atoms with Gasteiger partial charge in [0.25, 0.3) is 0 Å². The summed E-state index contributed by atoms with van der Waals surface area (Å²) < 4.78 is 0. The van der Waals surface area contributed by atoms with Crippen LogP contribution in [0.3, 0.4) is 0 Å². The van der Waals surface area contributed by atoms with E-state index in [0.29, 0.717) is 19.3 Å². The number of hydrogen-bond donors (Lipinski definition) is 2. The van der Waals surface area contributed by atoms with Gasteiger partial charge in [-0.1, -0.05) is 71.1 Å². The maximum absolute atomic E-state index is 10.2. The average Bonchev–Trinajstić information content (AvgIpc) is 2.49. The first-order valence-electron chi connectivity index (χ1n) is 9.14. The number of carbonyl (C=O) groups excluding carboxylic acids is 1. The van der Waals surface area contributed by atoms with Crippen LogP contribution in [0, 0.1) is 0 Å². The molecule has 2 N–H and O–H groups in total. The second-order valence-electron chi connectivity index (χ2n) is 6.37. The molecule has 0 bridgehead atoms. The van der Waals surface area contributed by atoms with E-state index in [1.165, 1.54) is 25.7 Å². The number of aliphatic carboxylic acids is 1. The molecule has 0 heterocycles. The molecule has 5 heteroatoms. The Morgan fingerprint density at radius 3 is 1.61 bits per heavy atom. The van der Waals surface area contributed by atoms with Crippen molar-refractivity contribution in [1.82, 2.24) is 0 Å². The van der Waals surface area contributed by atoms with Crippen molar-refractivity contribution in [3.05, 3.63) is 0 Å². The van der Waals surface area contributed by atoms with Crippen molar-refractivity contribution in [1.29, 1.82) is 0 Å². The number of hydrogen-bond acceptors (Lipinski definition) is 4. The number of rotatable bonds is 16. The summed E-state index contributed by atoms with van der Waals surface area (Å²) in [6.45, 7) is 2.20. The van der Waals surface area contributed by atoms with Crippen LogP contribution in [0.4, 0.5) is 0 Å². The smallest absolute Gasteiger partial charge is 0.550 e. The molecule has 0 spiro atoms. The Morgan fingerprint density at radius 1 is 0.783 bits per heavy atom. The minimum atomic E-state index is -0.978. The van der Waals surface area contributed by atoms with E-state index in [1.54, 1.807) is 0 Å². The van der Waals surface area contributed by atoms with Gasteiger partial charge in [-0.25, -0.2) is 0 Å². The first-order valence-corrected chi connectivity index (χ1v) is 9.14. The van der Waals surface area contributed by atoms with Crippen molar-refractivity contribution < 1.29 is 49.7 Å². The molecule has 23 heavy (non-hydrogen) atoms. The molecule has 0 aromatic rings. The molecule has 0 aliphatic rings. The summed E-state index contributed by atoms with van der Waals surface area (Å²) in [5, 5.41) is 30.0. The Balaban J connectivity index is 0. The van der Waals surface area contributed by atoms with Gasteiger partial charge in [0.05, 0.1) is 12.2 Å². The van der Waals surface area contributed by atoms with Crippen LogP contribution < -0.4 is 34.7 Å². The minimum Gasteiger partial charge on any atom is -0.550 e. The molecule has 0 aromatic carbocycles. The molecule has 2 atom stereocenters. The largest absolute Gasteiger partial charge is 1.00 e. The third kappa shape index (κ3) is 18.6. The first-order chi connectivity index (χ1) is 10.6. The predicted octanol–water partition coefficient (Wildman–Crippen LogP) is -0.0566. The van der Waals surface area contributed by atoms with Crippen LogP contribution in [-0.2, 0) is 4.79 Å². The average molecular weight is 338 g/mol. The second-order valence-corrected chi connectivity index (χ2v) is 6.37. The fourth-order valence-electron chi connectivity index (χ4n) is 2.67. The van der Waals surface area contributed by atoms with Gasteiger partial charge in [-0.05, 0) is 25.7 Å². The van der Waals surface area contributed by atoms with Gasteiger partial charge in [0.1, 0.15) is 0 Å². The Hall–Kier alpha value is 0.390. The normalized spacial score (nSPS) is 13.3. The molecule has 0 aromatic heterocycles. The Morgan fingerprint density at radius 2 is 1.17 bits per heavy atom. The molecule has 132 valence electrons. The monoisotopic (exact) mass is 338 g/mol. The minimum absolute atomic E-state index is 0. The predicted molar refractivity (Wildman–Crippen MR) is 87.3 cm³/mol. The van der Waals surface area contributed by atoms with Gasteiger partial charge in [-0.3, -0.25) is 0 Å². The molecule has 0 rings (SSSR count). The molecule has 0 aliphatic heterocycles. The molecule has 0 aliphatic carbocycles. The standard InChI is InChI=1S/C18H36O4.Na/c1-2-3-4-5-7-10-13-16(19)17(20)14-11-8-6-9-12-15-18(21)22;/h16-17,19-20H,2-15H2,1H3,(H,21,22);/q;+1/p-1. The zero-order valence-electron chi connectivity index (χ0n) is 15.3. The fourth-order valence-corrected chi connectivity index (χ4v) is 2.67. The third-order valence-electron chi connectivity index (χ3n) is 4.18. The molecule has 0 fully saturated rings. The van der Waals surface area contributed by atoms with Gasteiger partial charge < -0.3 is 20.1 Å².